The molecule has 3 rings (SSSR count). The van der Waals surface area contributed by atoms with Crippen molar-refractivity contribution in [3.05, 3.63) is 35.9 Å². The van der Waals surface area contributed by atoms with E-state index >= 15 is 0 Å². The quantitative estimate of drug-likeness (QED) is 0.770. The number of carbonyl (C=O) groups excluding carboxylic acids is 1. The largest absolute Gasteiger partial charge is 0.465 e. The molecule has 0 spiro atoms. The number of hydrogen-bond acceptors (Lipinski definition) is 3. The third-order valence-corrected chi connectivity index (χ3v) is 5.51. The Morgan fingerprint density at radius 1 is 1.20 bits per heavy atom. The normalized spacial score (nSPS) is 25.4. The van der Waals surface area contributed by atoms with Crippen LogP contribution in [0.3, 0.4) is 0 Å². The number of ether oxygens (including phenoxy) is 1. The van der Waals surface area contributed by atoms with Gasteiger partial charge in [-0.15, -0.1) is 0 Å². The summed E-state index contributed by atoms with van der Waals surface area (Å²) in [5.41, 5.74) is 1.11. The van der Waals surface area contributed by atoms with Crippen LogP contribution >= 0.6 is 0 Å². The van der Waals surface area contributed by atoms with Gasteiger partial charge < -0.3 is 15.2 Å². The fraction of sp³-hybridized carbons (Fsp3) is 0.600. The topological polar surface area (TPSA) is 75.6 Å². The van der Waals surface area contributed by atoms with Crippen LogP contribution in [0.1, 0.15) is 50.5 Å². The number of cyclic esters (lactones) is 1. The molecule has 1 saturated heterocycles. The van der Waals surface area contributed by atoms with Crippen molar-refractivity contribution in [2.45, 2.75) is 63.5 Å². The number of carbonyl (C=O) groups is 2. The van der Waals surface area contributed by atoms with Crippen LogP contribution in [-0.2, 0) is 16.0 Å². The molecule has 136 valence electrons. The van der Waals surface area contributed by atoms with Gasteiger partial charge in [0.25, 0.3) is 0 Å². The van der Waals surface area contributed by atoms with Crippen molar-refractivity contribution in [2.24, 2.45) is 11.8 Å². The second kappa shape index (κ2) is 8.37. The first-order valence-corrected chi connectivity index (χ1v) is 9.35. The van der Waals surface area contributed by atoms with Gasteiger partial charge in [-0.3, -0.25) is 4.79 Å². The van der Waals surface area contributed by atoms with Crippen molar-refractivity contribution in [2.75, 3.05) is 0 Å². The van der Waals surface area contributed by atoms with E-state index in [9.17, 15) is 14.7 Å². The molecule has 1 amide bonds. The van der Waals surface area contributed by atoms with E-state index in [1.165, 1.54) is 19.3 Å². The molecular formula is C20H27NO4. The Morgan fingerprint density at radius 2 is 1.92 bits per heavy atom. The maximum absolute atomic E-state index is 12.3. The Labute approximate surface area is 148 Å². The smallest absolute Gasteiger partial charge is 0.405 e. The van der Waals surface area contributed by atoms with Crippen LogP contribution in [0.2, 0.25) is 0 Å². The lowest BCUT2D eigenvalue weighted by atomic mass is 9.82. The highest BCUT2D eigenvalue weighted by Gasteiger charge is 2.40. The van der Waals surface area contributed by atoms with Crippen molar-refractivity contribution in [1.29, 1.82) is 0 Å². The van der Waals surface area contributed by atoms with E-state index in [0.717, 1.165) is 24.8 Å². The van der Waals surface area contributed by atoms with Crippen LogP contribution in [-0.4, -0.2) is 29.3 Å². The van der Waals surface area contributed by atoms with E-state index < -0.39 is 6.09 Å². The van der Waals surface area contributed by atoms with Gasteiger partial charge in [0.05, 0.1) is 12.0 Å². The summed E-state index contributed by atoms with van der Waals surface area (Å²) in [6.45, 7) is 0. The van der Waals surface area contributed by atoms with Gasteiger partial charge in [-0.1, -0.05) is 62.4 Å². The zero-order chi connectivity index (χ0) is 17.6. The standard InChI is InChI=1S/C20H27NO4/c22-19-16(11-14-7-3-1-4-8-14)13-18(25-19)17(21-20(23)24)12-15-9-5-2-6-10-15/h1,3-4,7-8,15-18,21H,2,5-6,9-13H2,(H,23,24)/t16-,17+,18+/m1/s1. The number of amides is 1. The summed E-state index contributed by atoms with van der Waals surface area (Å²) in [6, 6.07) is 9.60. The molecule has 5 nitrogen and oxygen atoms in total. The molecule has 25 heavy (non-hydrogen) atoms. The first-order chi connectivity index (χ1) is 12.1. The highest BCUT2D eigenvalue weighted by molar-refractivity contribution is 5.75. The second-order valence-electron chi connectivity index (χ2n) is 7.39. The fourth-order valence-corrected chi connectivity index (χ4v) is 4.23. The maximum Gasteiger partial charge on any atom is 0.405 e. The number of benzene rings is 1. The summed E-state index contributed by atoms with van der Waals surface area (Å²) in [6.07, 6.45) is 6.61. The van der Waals surface area contributed by atoms with Gasteiger partial charge in [-0.2, -0.15) is 0 Å². The average molecular weight is 345 g/mol. The van der Waals surface area contributed by atoms with Gasteiger partial charge in [0.2, 0.25) is 0 Å². The predicted octanol–water partition coefficient (Wildman–Crippen LogP) is 3.77. The molecule has 1 saturated carbocycles. The van der Waals surface area contributed by atoms with Gasteiger partial charge >= 0.3 is 12.1 Å². The van der Waals surface area contributed by atoms with E-state index in [2.05, 4.69) is 5.32 Å². The Balaban J connectivity index is 1.62. The van der Waals surface area contributed by atoms with Gasteiger partial charge in [-0.25, -0.2) is 4.79 Å². The van der Waals surface area contributed by atoms with E-state index in [1.54, 1.807) is 0 Å². The van der Waals surface area contributed by atoms with Crippen LogP contribution in [0, 0.1) is 11.8 Å². The van der Waals surface area contributed by atoms with E-state index in [-0.39, 0.29) is 24.0 Å². The minimum Gasteiger partial charge on any atom is -0.465 e. The molecule has 5 heteroatoms. The number of nitrogens with one attached hydrogen (secondary N) is 1. The molecule has 1 aromatic carbocycles. The highest BCUT2D eigenvalue weighted by Crippen LogP contribution is 2.32. The highest BCUT2D eigenvalue weighted by atomic mass is 16.6. The summed E-state index contributed by atoms with van der Waals surface area (Å²) < 4.78 is 5.59. The first-order valence-electron chi connectivity index (χ1n) is 9.35. The zero-order valence-electron chi connectivity index (χ0n) is 14.5. The van der Waals surface area contributed by atoms with E-state index in [4.69, 9.17) is 4.74 Å². The third-order valence-electron chi connectivity index (χ3n) is 5.51. The van der Waals surface area contributed by atoms with Crippen LogP contribution in [0.5, 0.6) is 0 Å². The average Bonchev–Trinajstić information content (AvgIpc) is 2.96. The number of rotatable bonds is 6. The van der Waals surface area contributed by atoms with Gasteiger partial charge in [0.15, 0.2) is 0 Å². The van der Waals surface area contributed by atoms with Crippen LogP contribution in [0.15, 0.2) is 30.3 Å². The molecule has 0 aromatic heterocycles. The van der Waals surface area contributed by atoms with Crippen molar-refractivity contribution in [3.8, 4) is 0 Å². The lowest BCUT2D eigenvalue weighted by Crippen LogP contribution is -2.44. The molecule has 2 fully saturated rings. The molecule has 0 bridgehead atoms. The van der Waals surface area contributed by atoms with Crippen LogP contribution in [0.25, 0.3) is 0 Å². The van der Waals surface area contributed by atoms with Crippen molar-refractivity contribution < 1.29 is 19.4 Å². The minimum absolute atomic E-state index is 0.183. The summed E-state index contributed by atoms with van der Waals surface area (Å²) in [4.78, 5) is 23.5. The molecule has 1 aromatic rings. The summed E-state index contributed by atoms with van der Waals surface area (Å²) in [5.74, 6) is 0.143. The summed E-state index contributed by atoms with van der Waals surface area (Å²) in [7, 11) is 0. The van der Waals surface area contributed by atoms with Crippen molar-refractivity contribution >= 4 is 12.1 Å². The Morgan fingerprint density at radius 3 is 2.60 bits per heavy atom. The number of carboxylic acid groups (broad SMARTS) is 1. The lowest BCUT2D eigenvalue weighted by molar-refractivity contribution is -0.145. The number of hydrogen-bond donors (Lipinski definition) is 2. The molecule has 3 atom stereocenters. The molecule has 0 radical (unpaired) electrons. The Hall–Kier alpha value is -2.04. The SMILES string of the molecule is O=C(O)N[C@@H](CC1CCCCC1)[C@@H]1C[C@@H](Cc2ccccc2)C(=O)O1. The fourth-order valence-electron chi connectivity index (χ4n) is 4.23. The molecule has 0 unspecified atom stereocenters. The molecule has 1 aliphatic carbocycles. The van der Waals surface area contributed by atoms with Gasteiger partial charge in [-0.05, 0) is 30.7 Å². The Bertz CT molecular complexity index is 583. The summed E-state index contributed by atoms with van der Waals surface area (Å²) >= 11 is 0. The molecule has 2 N–H and O–H groups in total. The van der Waals surface area contributed by atoms with Gasteiger partial charge in [0.1, 0.15) is 6.10 Å². The number of esters is 1. The van der Waals surface area contributed by atoms with Gasteiger partial charge in [0, 0.05) is 0 Å². The first kappa shape index (κ1) is 17.8. The molecule has 1 heterocycles. The predicted molar refractivity (Wildman–Crippen MR) is 94.3 cm³/mol. The molecular weight excluding hydrogens is 318 g/mol. The monoisotopic (exact) mass is 345 g/mol. The summed E-state index contributed by atoms with van der Waals surface area (Å²) in [5, 5.41) is 11.8. The lowest BCUT2D eigenvalue weighted by Gasteiger charge is -2.29. The maximum atomic E-state index is 12.3. The van der Waals surface area contributed by atoms with Crippen LogP contribution in [0.4, 0.5) is 4.79 Å². The molecule has 1 aliphatic heterocycles. The zero-order valence-corrected chi connectivity index (χ0v) is 14.5. The van der Waals surface area contributed by atoms with E-state index in [0.29, 0.717) is 18.8 Å². The van der Waals surface area contributed by atoms with E-state index in [1.807, 2.05) is 30.3 Å². The van der Waals surface area contributed by atoms with Crippen LogP contribution < -0.4 is 5.32 Å². The third kappa shape index (κ3) is 4.97. The van der Waals surface area contributed by atoms with Crippen molar-refractivity contribution in [3.63, 3.8) is 0 Å². The second-order valence-corrected chi connectivity index (χ2v) is 7.39. The molecule has 2 aliphatic rings. The Kier molecular flexibility index (Phi) is 5.95. The van der Waals surface area contributed by atoms with Crippen molar-refractivity contribution in [1.82, 2.24) is 5.32 Å². The minimum atomic E-state index is -1.04.